The Morgan fingerprint density at radius 3 is 2.48 bits per heavy atom. The van der Waals surface area contributed by atoms with Gasteiger partial charge in [-0.2, -0.15) is 13.2 Å². The second kappa shape index (κ2) is 5.94. The van der Waals surface area contributed by atoms with Crippen LogP contribution in [-0.2, 0) is 13.2 Å². The molecule has 1 aliphatic carbocycles. The number of nitrogens with one attached hydrogen (secondary N) is 1. The number of carbonyl (C=O) groups is 2. The summed E-state index contributed by atoms with van der Waals surface area (Å²) in [5.41, 5.74) is -1.48. The second-order valence-corrected chi connectivity index (χ2v) is 5.88. The van der Waals surface area contributed by atoms with Crippen molar-refractivity contribution in [2.75, 3.05) is 5.32 Å². The second-order valence-electron chi connectivity index (χ2n) is 5.88. The van der Waals surface area contributed by atoms with Gasteiger partial charge in [0.1, 0.15) is 0 Å². The van der Waals surface area contributed by atoms with E-state index in [-0.39, 0.29) is 17.1 Å². The summed E-state index contributed by atoms with van der Waals surface area (Å²) < 4.78 is 41.0. The number of nitrogens with zero attached hydrogens (tertiary/aromatic N) is 4. The predicted octanol–water partition coefficient (Wildman–Crippen LogP) is 2.38. The van der Waals surface area contributed by atoms with E-state index in [1.165, 1.54) is 18.7 Å². The molecule has 1 fully saturated rings. The quantitative estimate of drug-likeness (QED) is 0.853. The molecule has 1 aromatic carbocycles. The Kier molecular flexibility index (Phi) is 4.05. The third kappa shape index (κ3) is 3.24. The summed E-state index contributed by atoms with van der Waals surface area (Å²) in [7, 11) is 1.50. The molecular formula is C15H14F3N5O2. The number of ketones is 1. The highest BCUT2D eigenvalue weighted by molar-refractivity contribution is 6.09. The predicted molar refractivity (Wildman–Crippen MR) is 80.0 cm³/mol. The van der Waals surface area contributed by atoms with Gasteiger partial charge >= 0.3 is 6.18 Å². The third-order valence-corrected chi connectivity index (χ3v) is 4.06. The van der Waals surface area contributed by atoms with Crippen LogP contribution in [0.3, 0.4) is 0 Å². The summed E-state index contributed by atoms with van der Waals surface area (Å²) >= 11 is 0. The van der Waals surface area contributed by atoms with Crippen LogP contribution in [-0.4, -0.2) is 31.9 Å². The largest absolute Gasteiger partial charge is 0.417 e. The summed E-state index contributed by atoms with van der Waals surface area (Å²) in [6.07, 6.45) is -3.54. The molecule has 10 heteroatoms. The van der Waals surface area contributed by atoms with Crippen molar-refractivity contribution in [3.8, 4) is 0 Å². The highest BCUT2D eigenvalue weighted by Crippen LogP contribution is 2.40. The average molecular weight is 353 g/mol. The number of hydrogen-bond acceptors (Lipinski definition) is 5. The fourth-order valence-electron chi connectivity index (χ4n) is 2.57. The van der Waals surface area contributed by atoms with Crippen molar-refractivity contribution < 1.29 is 22.8 Å². The minimum absolute atomic E-state index is 0.000599. The van der Waals surface area contributed by atoms with Crippen molar-refractivity contribution in [2.24, 2.45) is 13.0 Å². The van der Waals surface area contributed by atoms with Crippen LogP contribution in [0.2, 0.25) is 0 Å². The summed E-state index contributed by atoms with van der Waals surface area (Å²) in [5, 5.41) is 12.9. The number of hydrogen-bond donors (Lipinski definition) is 1. The van der Waals surface area contributed by atoms with Gasteiger partial charge in [-0.05, 0) is 47.9 Å². The molecule has 1 aliphatic rings. The molecule has 1 amide bonds. The first-order valence-electron chi connectivity index (χ1n) is 7.49. The Bertz CT molecular complexity index is 855. The van der Waals surface area contributed by atoms with E-state index in [1.54, 1.807) is 0 Å². The van der Waals surface area contributed by atoms with E-state index >= 15 is 0 Å². The smallest absolute Gasteiger partial charge is 0.294 e. The normalized spacial score (nSPS) is 14.4. The van der Waals surface area contributed by atoms with Gasteiger partial charge in [-0.15, -0.1) is 0 Å². The molecule has 0 atom stereocenters. The first kappa shape index (κ1) is 17.1. The van der Waals surface area contributed by atoms with E-state index in [4.69, 9.17) is 0 Å². The number of anilines is 1. The lowest BCUT2D eigenvalue weighted by Crippen LogP contribution is -2.21. The molecule has 25 heavy (non-hydrogen) atoms. The minimum Gasteiger partial charge on any atom is -0.294 e. The molecule has 7 nitrogen and oxygen atoms in total. The summed E-state index contributed by atoms with van der Waals surface area (Å²) in [6.45, 7) is 1.34. The van der Waals surface area contributed by atoms with Gasteiger partial charge in [0.2, 0.25) is 5.95 Å². The average Bonchev–Trinajstić information content (AvgIpc) is 3.30. The fourth-order valence-corrected chi connectivity index (χ4v) is 2.57. The van der Waals surface area contributed by atoms with Gasteiger partial charge in [-0.1, -0.05) is 5.10 Å². The van der Waals surface area contributed by atoms with E-state index < -0.39 is 34.9 Å². The number of rotatable bonds is 4. The van der Waals surface area contributed by atoms with Crippen molar-refractivity contribution in [1.29, 1.82) is 0 Å². The monoisotopic (exact) mass is 353 g/mol. The summed E-state index contributed by atoms with van der Waals surface area (Å²) in [5.74, 6) is -1.62. The SMILES string of the molecule is Cc1c(C(=O)Nc2nnnn2C)ccc(C(F)(F)F)c1C(=O)C1CC1. The van der Waals surface area contributed by atoms with E-state index in [0.29, 0.717) is 12.8 Å². The van der Waals surface area contributed by atoms with Crippen molar-refractivity contribution in [1.82, 2.24) is 20.2 Å². The molecular weight excluding hydrogens is 339 g/mol. The molecule has 0 aliphatic heterocycles. The van der Waals surface area contributed by atoms with Gasteiger partial charge in [0.25, 0.3) is 5.91 Å². The molecule has 3 rings (SSSR count). The third-order valence-electron chi connectivity index (χ3n) is 4.06. The maximum atomic E-state index is 13.3. The van der Waals surface area contributed by atoms with Crippen LogP contribution in [0.5, 0.6) is 0 Å². The molecule has 1 aromatic heterocycles. The number of Topliss-reactive ketones (excluding diaryl/α,β-unsaturated/α-hetero) is 1. The lowest BCUT2D eigenvalue weighted by molar-refractivity contribution is -0.138. The zero-order valence-electron chi connectivity index (χ0n) is 13.4. The van der Waals surface area contributed by atoms with Crippen LogP contribution in [0.1, 0.15) is 44.7 Å². The number of tetrazole rings is 1. The molecule has 0 unspecified atom stereocenters. The minimum atomic E-state index is -4.67. The molecule has 1 heterocycles. The van der Waals surface area contributed by atoms with Crippen LogP contribution >= 0.6 is 0 Å². The van der Waals surface area contributed by atoms with Crippen LogP contribution in [0.15, 0.2) is 12.1 Å². The molecule has 132 valence electrons. The molecule has 0 radical (unpaired) electrons. The maximum absolute atomic E-state index is 13.3. The van der Waals surface area contributed by atoms with Gasteiger partial charge in [-0.25, -0.2) is 4.68 Å². The first-order chi connectivity index (χ1) is 11.7. The summed E-state index contributed by atoms with van der Waals surface area (Å²) in [6, 6.07) is 1.83. The number of amides is 1. The van der Waals surface area contributed by atoms with Crippen LogP contribution in [0.25, 0.3) is 0 Å². The van der Waals surface area contributed by atoms with Crippen molar-refractivity contribution >= 4 is 17.6 Å². The fraction of sp³-hybridized carbons (Fsp3) is 0.400. The number of aromatic nitrogens is 4. The molecule has 0 spiro atoms. The molecule has 1 saturated carbocycles. The zero-order valence-corrected chi connectivity index (χ0v) is 13.4. The van der Waals surface area contributed by atoms with Crippen molar-refractivity contribution in [3.05, 3.63) is 34.4 Å². The molecule has 0 bridgehead atoms. The number of aryl methyl sites for hydroxylation is 1. The van der Waals surface area contributed by atoms with Gasteiger partial charge < -0.3 is 0 Å². The van der Waals surface area contributed by atoms with Gasteiger partial charge in [-0.3, -0.25) is 14.9 Å². The highest BCUT2D eigenvalue weighted by atomic mass is 19.4. The van der Waals surface area contributed by atoms with E-state index in [0.717, 1.165) is 12.1 Å². The van der Waals surface area contributed by atoms with E-state index in [2.05, 4.69) is 20.8 Å². The Balaban J connectivity index is 2.03. The van der Waals surface area contributed by atoms with Crippen molar-refractivity contribution in [2.45, 2.75) is 25.9 Å². The molecule has 1 N–H and O–H groups in total. The van der Waals surface area contributed by atoms with Crippen LogP contribution in [0.4, 0.5) is 19.1 Å². The lowest BCUT2D eigenvalue weighted by atomic mass is 9.91. The van der Waals surface area contributed by atoms with Gasteiger partial charge in [0.15, 0.2) is 5.78 Å². The zero-order chi connectivity index (χ0) is 18.4. The Labute approximate surface area is 140 Å². The highest BCUT2D eigenvalue weighted by Gasteiger charge is 2.41. The Morgan fingerprint density at radius 1 is 1.28 bits per heavy atom. The van der Waals surface area contributed by atoms with Crippen LogP contribution in [0, 0.1) is 12.8 Å². The first-order valence-corrected chi connectivity index (χ1v) is 7.49. The number of alkyl halides is 3. The van der Waals surface area contributed by atoms with E-state index in [9.17, 15) is 22.8 Å². The van der Waals surface area contributed by atoms with Crippen LogP contribution < -0.4 is 5.32 Å². The number of carbonyl (C=O) groups excluding carboxylic acids is 2. The number of halogens is 3. The van der Waals surface area contributed by atoms with Gasteiger partial charge in [0.05, 0.1) is 5.56 Å². The summed E-state index contributed by atoms with van der Waals surface area (Å²) in [4.78, 5) is 24.8. The van der Waals surface area contributed by atoms with Gasteiger partial charge in [0, 0.05) is 24.1 Å². The lowest BCUT2D eigenvalue weighted by Gasteiger charge is -2.17. The van der Waals surface area contributed by atoms with Crippen molar-refractivity contribution in [3.63, 3.8) is 0 Å². The maximum Gasteiger partial charge on any atom is 0.417 e. The van der Waals surface area contributed by atoms with E-state index in [1.807, 2.05) is 0 Å². The Hall–Kier alpha value is -2.78. The molecule has 2 aromatic rings. The molecule has 0 saturated heterocycles. The Morgan fingerprint density at radius 2 is 1.96 bits per heavy atom. The topological polar surface area (TPSA) is 89.8 Å². The number of benzene rings is 1. The standard InChI is InChI=1S/C15H14F3N5O2/c1-7-9(13(25)19-14-20-21-22-23(14)2)5-6-10(15(16,17)18)11(7)12(24)8-3-4-8/h5-6,8H,3-4H2,1-2H3,(H,19,20,22,25).